The Balaban J connectivity index is 1.29. The first-order valence-corrected chi connectivity index (χ1v) is 11.5. The third-order valence-electron chi connectivity index (χ3n) is 6.69. The Labute approximate surface area is 192 Å². The van der Waals surface area contributed by atoms with Crippen LogP contribution in [0.3, 0.4) is 0 Å². The van der Waals surface area contributed by atoms with Crippen molar-refractivity contribution in [3.63, 3.8) is 0 Å². The van der Waals surface area contributed by atoms with Gasteiger partial charge in [0.25, 0.3) is 11.8 Å². The highest BCUT2D eigenvalue weighted by Gasteiger charge is 2.42. The molecule has 1 aromatic heterocycles. The third-order valence-corrected chi connectivity index (χ3v) is 6.69. The monoisotopic (exact) mass is 457 g/mol. The minimum Gasteiger partial charge on any atom is -0.496 e. The molecule has 0 spiro atoms. The number of oxazole rings is 1. The predicted octanol–water partition coefficient (Wildman–Crippen LogP) is 1.40. The van der Waals surface area contributed by atoms with E-state index in [9.17, 15) is 19.8 Å². The molecule has 9 nitrogen and oxygen atoms in total. The quantitative estimate of drug-likeness (QED) is 0.547. The van der Waals surface area contributed by atoms with Gasteiger partial charge in [0.15, 0.2) is 12.2 Å². The van der Waals surface area contributed by atoms with E-state index in [1.807, 2.05) is 24.3 Å². The molecule has 9 heteroatoms. The van der Waals surface area contributed by atoms with Gasteiger partial charge in [-0.15, -0.1) is 0 Å². The Morgan fingerprint density at radius 2 is 2.00 bits per heavy atom. The fraction of sp³-hybridized carbons (Fsp3) is 0.542. The van der Waals surface area contributed by atoms with Gasteiger partial charge in [-0.05, 0) is 31.2 Å². The van der Waals surface area contributed by atoms with Crippen molar-refractivity contribution in [3.8, 4) is 5.75 Å². The number of hydrogen-bond donors (Lipinski definition) is 3. The van der Waals surface area contributed by atoms with Crippen molar-refractivity contribution in [3.05, 3.63) is 47.7 Å². The molecule has 3 N–H and O–H groups in total. The minimum absolute atomic E-state index is 0.0723. The first-order chi connectivity index (χ1) is 16.0. The second-order valence-electron chi connectivity index (χ2n) is 8.76. The van der Waals surface area contributed by atoms with E-state index in [0.29, 0.717) is 24.6 Å². The van der Waals surface area contributed by atoms with Crippen LogP contribution in [-0.2, 0) is 22.6 Å². The molecule has 1 saturated heterocycles. The van der Waals surface area contributed by atoms with E-state index in [1.165, 1.54) is 6.26 Å². The number of benzene rings is 1. The highest BCUT2D eigenvalue weighted by atomic mass is 16.5. The standard InChI is InChI=1S/C24H31N3O6/c1-32-19-9-5-3-7-16(19)12-17-14-33-20(26-17)13-25-23(30)21(28)22(29)24(31)27-11-10-15-6-2-4-8-18(15)27/h3,5,7,9,14-15,18,21-22,28-29H,2,4,6,8,10-13H2,1H3,(H,25,30)/t15-,18?,21-,22-/m1/s1. The summed E-state index contributed by atoms with van der Waals surface area (Å²) < 4.78 is 10.7. The SMILES string of the molecule is COc1ccccc1Cc1coc(CNC(=O)[C@H](O)[C@@H](O)C(=O)N2CC[C@H]3CCCCC32)n1. The number of amides is 2. The molecule has 2 amide bonds. The van der Waals surface area contributed by atoms with Crippen LogP contribution in [0.15, 0.2) is 34.9 Å². The van der Waals surface area contributed by atoms with Crippen molar-refractivity contribution in [2.24, 2.45) is 5.92 Å². The van der Waals surface area contributed by atoms with Gasteiger partial charge >= 0.3 is 0 Å². The van der Waals surface area contributed by atoms with Crippen LogP contribution in [0.2, 0.25) is 0 Å². The smallest absolute Gasteiger partial charge is 0.254 e. The summed E-state index contributed by atoms with van der Waals surface area (Å²) in [6, 6.07) is 7.68. The number of nitrogens with one attached hydrogen (secondary N) is 1. The van der Waals surface area contributed by atoms with Crippen molar-refractivity contribution < 1.29 is 29.0 Å². The number of aliphatic hydroxyl groups is 2. The number of nitrogens with zero attached hydrogens (tertiary/aromatic N) is 2. The Hall–Kier alpha value is -2.91. The first-order valence-electron chi connectivity index (χ1n) is 11.5. The highest BCUT2D eigenvalue weighted by molar-refractivity contribution is 5.90. The van der Waals surface area contributed by atoms with E-state index in [-0.39, 0.29) is 18.5 Å². The highest BCUT2D eigenvalue weighted by Crippen LogP contribution is 2.36. The lowest BCUT2D eigenvalue weighted by molar-refractivity contribution is -0.154. The Kier molecular flexibility index (Phi) is 7.29. The summed E-state index contributed by atoms with van der Waals surface area (Å²) in [7, 11) is 1.60. The summed E-state index contributed by atoms with van der Waals surface area (Å²) in [5.74, 6) is 0.0264. The van der Waals surface area contributed by atoms with Gasteiger partial charge in [0.2, 0.25) is 5.89 Å². The van der Waals surface area contributed by atoms with Gasteiger partial charge in [0, 0.05) is 24.6 Å². The summed E-state index contributed by atoms with van der Waals surface area (Å²) in [5, 5.41) is 23.1. The number of likely N-dealkylation sites (tertiary alicyclic amines) is 1. The average molecular weight is 458 g/mol. The van der Waals surface area contributed by atoms with Gasteiger partial charge in [-0.3, -0.25) is 9.59 Å². The first kappa shape index (κ1) is 23.3. The fourth-order valence-corrected chi connectivity index (χ4v) is 4.95. The van der Waals surface area contributed by atoms with Gasteiger partial charge in [0.1, 0.15) is 12.0 Å². The molecule has 0 bridgehead atoms. The van der Waals surface area contributed by atoms with E-state index in [2.05, 4.69) is 10.3 Å². The van der Waals surface area contributed by atoms with E-state index < -0.39 is 24.0 Å². The van der Waals surface area contributed by atoms with Crippen LogP contribution in [-0.4, -0.2) is 63.8 Å². The zero-order valence-electron chi connectivity index (χ0n) is 18.8. The number of ether oxygens (including phenoxy) is 1. The molecule has 1 saturated carbocycles. The average Bonchev–Trinajstić information content (AvgIpc) is 3.48. The van der Waals surface area contributed by atoms with Crippen LogP contribution >= 0.6 is 0 Å². The van der Waals surface area contributed by atoms with Gasteiger partial charge in [-0.1, -0.05) is 31.0 Å². The second-order valence-corrected chi connectivity index (χ2v) is 8.76. The number of carbonyl (C=O) groups is 2. The Morgan fingerprint density at radius 1 is 1.21 bits per heavy atom. The van der Waals surface area contributed by atoms with Gasteiger partial charge in [0.05, 0.1) is 19.3 Å². The molecule has 1 aliphatic heterocycles. The van der Waals surface area contributed by atoms with Crippen LogP contribution in [0, 0.1) is 5.92 Å². The Bertz CT molecular complexity index is 977. The number of carbonyl (C=O) groups excluding carboxylic acids is 2. The summed E-state index contributed by atoms with van der Waals surface area (Å²) in [6.45, 7) is 0.488. The molecule has 2 heterocycles. The van der Waals surface area contributed by atoms with Crippen LogP contribution < -0.4 is 10.1 Å². The largest absolute Gasteiger partial charge is 0.496 e. The normalized spacial score (nSPS) is 21.8. The maximum Gasteiger partial charge on any atom is 0.254 e. The number of methoxy groups -OCH3 is 1. The maximum atomic E-state index is 12.7. The lowest BCUT2D eigenvalue weighted by Gasteiger charge is -2.33. The van der Waals surface area contributed by atoms with Crippen molar-refractivity contribution >= 4 is 11.8 Å². The van der Waals surface area contributed by atoms with Crippen LogP contribution in [0.1, 0.15) is 49.3 Å². The van der Waals surface area contributed by atoms with Gasteiger partial charge in [-0.25, -0.2) is 4.98 Å². The molecule has 178 valence electrons. The third kappa shape index (κ3) is 5.20. The van der Waals surface area contributed by atoms with Gasteiger partial charge < -0.3 is 29.6 Å². The Morgan fingerprint density at radius 3 is 2.82 bits per heavy atom. The van der Waals surface area contributed by atoms with Crippen molar-refractivity contribution in [2.45, 2.75) is 63.3 Å². The molecule has 1 unspecified atom stereocenters. The van der Waals surface area contributed by atoms with Crippen LogP contribution in [0.4, 0.5) is 0 Å². The van der Waals surface area contributed by atoms with E-state index in [1.54, 1.807) is 12.0 Å². The molecule has 4 rings (SSSR count). The molecule has 2 fully saturated rings. The van der Waals surface area contributed by atoms with E-state index >= 15 is 0 Å². The van der Waals surface area contributed by atoms with Gasteiger partial charge in [-0.2, -0.15) is 0 Å². The van der Waals surface area contributed by atoms with Crippen LogP contribution in [0.5, 0.6) is 5.75 Å². The number of rotatable bonds is 8. The lowest BCUT2D eigenvalue weighted by Crippen LogP contribution is -2.52. The van der Waals surface area contributed by atoms with Crippen molar-refractivity contribution in [2.75, 3.05) is 13.7 Å². The van der Waals surface area contributed by atoms with Crippen molar-refractivity contribution in [1.29, 1.82) is 0 Å². The lowest BCUT2D eigenvalue weighted by atomic mass is 9.85. The van der Waals surface area contributed by atoms with Crippen LogP contribution in [0.25, 0.3) is 0 Å². The topological polar surface area (TPSA) is 125 Å². The number of aromatic nitrogens is 1. The number of aliphatic hydroxyl groups excluding tert-OH is 2. The zero-order chi connectivity index (χ0) is 23.4. The number of fused-ring (bicyclic) bond motifs is 1. The minimum atomic E-state index is -1.86. The fourth-order valence-electron chi connectivity index (χ4n) is 4.95. The molecule has 2 aliphatic rings. The molecule has 0 radical (unpaired) electrons. The summed E-state index contributed by atoms with van der Waals surface area (Å²) in [4.78, 5) is 31.1. The molecule has 2 aromatic rings. The number of hydrogen-bond acceptors (Lipinski definition) is 7. The summed E-state index contributed by atoms with van der Waals surface area (Å²) >= 11 is 0. The predicted molar refractivity (Wildman–Crippen MR) is 118 cm³/mol. The molecular weight excluding hydrogens is 426 g/mol. The second kappa shape index (κ2) is 10.4. The van der Waals surface area contributed by atoms with Crippen molar-refractivity contribution in [1.82, 2.24) is 15.2 Å². The maximum absolute atomic E-state index is 12.7. The molecule has 33 heavy (non-hydrogen) atoms. The molecule has 4 atom stereocenters. The van der Waals surface area contributed by atoms with E-state index in [4.69, 9.17) is 9.15 Å². The summed E-state index contributed by atoms with van der Waals surface area (Å²) in [5.41, 5.74) is 1.61. The summed E-state index contributed by atoms with van der Waals surface area (Å²) in [6.07, 6.45) is 3.46. The number of para-hydroxylation sites is 1. The molecule has 1 aliphatic carbocycles. The molecule has 1 aromatic carbocycles. The molecular formula is C24H31N3O6. The zero-order valence-corrected chi connectivity index (χ0v) is 18.8. The van der Waals surface area contributed by atoms with E-state index in [0.717, 1.165) is 43.4 Å².